The molecule has 1 aliphatic heterocycles. The normalized spacial score (nSPS) is 34.3. The molecule has 0 saturated heterocycles. The Kier molecular flexibility index (Phi) is 2.85. The number of carbonyl (C=O) groups excluding carboxylic acids is 1. The van der Waals surface area contributed by atoms with Crippen LogP contribution in [0.3, 0.4) is 0 Å². The molecule has 0 aromatic carbocycles. The van der Waals surface area contributed by atoms with Crippen LogP contribution in [0.1, 0.15) is 53.4 Å². The zero-order chi connectivity index (χ0) is 11.9. The summed E-state index contributed by atoms with van der Waals surface area (Å²) >= 11 is 0. The summed E-state index contributed by atoms with van der Waals surface area (Å²) in [6, 6.07) is 0. The van der Waals surface area contributed by atoms with Crippen molar-refractivity contribution >= 4 is 5.97 Å². The van der Waals surface area contributed by atoms with E-state index in [-0.39, 0.29) is 12.1 Å². The van der Waals surface area contributed by atoms with Gasteiger partial charge in [0.05, 0.1) is 0 Å². The summed E-state index contributed by atoms with van der Waals surface area (Å²) in [5, 5.41) is 0. The Morgan fingerprint density at radius 2 is 2.19 bits per heavy atom. The summed E-state index contributed by atoms with van der Waals surface area (Å²) in [4.78, 5) is 11.5. The highest BCUT2D eigenvalue weighted by atomic mass is 16.5. The Hall–Kier alpha value is -0.790. The molecule has 2 heteroatoms. The SMILES string of the molecule is CC1=C2CCC(C)(CC(C)C)CC2OC1=O. The molecule has 0 spiro atoms. The van der Waals surface area contributed by atoms with Crippen LogP contribution in [0, 0.1) is 11.3 Å². The van der Waals surface area contributed by atoms with E-state index in [0.29, 0.717) is 11.3 Å². The predicted octanol–water partition coefficient (Wildman–Crippen LogP) is 3.46. The first-order valence-corrected chi connectivity index (χ1v) is 6.32. The third-order valence-corrected chi connectivity index (χ3v) is 4.00. The summed E-state index contributed by atoms with van der Waals surface area (Å²) in [6.45, 7) is 8.78. The Balaban J connectivity index is 2.11. The van der Waals surface area contributed by atoms with E-state index in [1.807, 2.05) is 6.92 Å². The van der Waals surface area contributed by atoms with Gasteiger partial charge < -0.3 is 4.74 Å². The van der Waals surface area contributed by atoms with Gasteiger partial charge in [-0.05, 0) is 49.5 Å². The Bertz CT molecular complexity index is 341. The van der Waals surface area contributed by atoms with Crippen molar-refractivity contribution in [3.8, 4) is 0 Å². The molecule has 2 aliphatic rings. The van der Waals surface area contributed by atoms with Crippen molar-refractivity contribution in [2.75, 3.05) is 0 Å². The van der Waals surface area contributed by atoms with Crippen LogP contribution in [0.2, 0.25) is 0 Å². The highest BCUT2D eigenvalue weighted by Crippen LogP contribution is 2.46. The first kappa shape index (κ1) is 11.7. The average Bonchev–Trinajstić information content (AvgIpc) is 2.39. The van der Waals surface area contributed by atoms with Gasteiger partial charge in [0, 0.05) is 5.57 Å². The van der Waals surface area contributed by atoms with Crippen LogP contribution in [0.15, 0.2) is 11.1 Å². The lowest BCUT2D eigenvalue weighted by Crippen LogP contribution is -2.31. The summed E-state index contributed by atoms with van der Waals surface area (Å²) in [5.41, 5.74) is 2.50. The number of hydrogen-bond acceptors (Lipinski definition) is 2. The minimum absolute atomic E-state index is 0.0880. The third-order valence-electron chi connectivity index (χ3n) is 4.00. The van der Waals surface area contributed by atoms with Gasteiger partial charge in [-0.3, -0.25) is 0 Å². The Labute approximate surface area is 98.1 Å². The van der Waals surface area contributed by atoms with Crippen molar-refractivity contribution in [2.24, 2.45) is 11.3 Å². The molecule has 1 heterocycles. The number of esters is 1. The molecule has 2 atom stereocenters. The van der Waals surface area contributed by atoms with Gasteiger partial charge in [0.2, 0.25) is 0 Å². The van der Waals surface area contributed by atoms with E-state index in [9.17, 15) is 4.79 Å². The zero-order valence-electron chi connectivity index (χ0n) is 10.8. The molecule has 2 rings (SSSR count). The summed E-state index contributed by atoms with van der Waals surface area (Å²) in [7, 11) is 0. The fourth-order valence-corrected chi connectivity index (χ4v) is 3.33. The summed E-state index contributed by atoms with van der Waals surface area (Å²) in [6.07, 6.45) is 4.58. The van der Waals surface area contributed by atoms with Crippen molar-refractivity contribution in [1.82, 2.24) is 0 Å². The topological polar surface area (TPSA) is 26.3 Å². The number of carbonyl (C=O) groups is 1. The molecule has 90 valence electrons. The second kappa shape index (κ2) is 3.90. The molecular weight excluding hydrogens is 200 g/mol. The number of ether oxygens (including phenoxy) is 1. The monoisotopic (exact) mass is 222 g/mol. The van der Waals surface area contributed by atoms with Gasteiger partial charge in [-0.25, -0.2) is 4.79 Å². The van der Waals surface area contributed by atoms with E-state index in [2.05, 4.69) is 20.8 Å². The van der Waals surface area contributed by atoms with Gasteiger partial charge in [-0.15, -0.1) is 0 Å². The largest absolute Gasteiger partial charge is 0.454 e. The fourth-order valence-electron chi connectivity index (χ4n) is 3.33. The smallest absolute Gasteiger partial charge is 0.334 e. The molecule has 2 unspecified atom stereocenters. The molecule has 2 nitrogen and oxygen atoms in total. The molecule has 1 fully saturated rings. The minimum atomic E-state index is -0.0891. The second-order valence-corrected chi connectivity index (χ2v) is 6.16. The lowest BCUT2D eigenvalue weighted by Gasteiger charge is -2.38. The van der Waals surface area contributed by atoms with Crippen LogP contribution in [0.4, 0.5) is 0 Å². The van der Waals surface area contributed by atoms with Crippen LogP contribution < -0.4 is 0 Å². The molecule has 0 aromatic heterocycles. The van der Waals surface area contributed by atoms with Crippen molar-refractivity contribution < 1.29 is 9.53 Å². The van der Waals surface area contributed by atoms with Crippen molar-refractivity contribution in [3.05, 3.63) is 11.1 Å². The van der Waals surface area contributed by atoms with Gasteiger partial charge in [0.15, 0.2) is 0 Å². The van der Waals surface area contributed by atoms with Gasteiger partial charge in [0.1, 0.15) is 6.10 Å². The summed E-state index contributed by atoms with van der Waals surface area (Å²) in [5.74, 6) is 0.627. The van der Waals surface area contributed by atoms with Gasteiger partial charge in [-0.2, -0.15) is 0 Å². The molecule has 0 aromatic rings. The van der Waals surface area contributed by atoms with E-state index in [1.165, 1.54) is 18.4 Å². The average molecular weight is 222 g/mol. The maximum absolute atomic E-state index is 11.5. The highest BCUT2D eigenvalue weighted by molar-refractivity contribution is 5.91. The van der Waals surface area contributed by atoms with Crippen LogP contribution >= 0.6 is 0 Å². The zero-order valence-corrected chi connectivity index (χ0v) is 10.8. The Morgan fingerprint density at radius 3 is 2.81 bits per heavy atom. The van der Waals surface area contributed by atoms with E-state index in [4.69, 9.17) is 4.74 Å². The minimum Gasteiger partial charge on any atom is -0.454 e. The lowest BCUT2D eigenvalue weighted by molar-refractivity contribution is -0.141. The molecule has 0 N–H and O–H groups in total. The quantitative estimate of drug-likeness (QED) is 0.669. The number of rotatable bonds is 2. The third kappa shape index (κ3) is 2.02. The van der Waals surface area contributed by atoms with E-state index in [1.54, 1.807) is 0 Å². The highest BCUT2D eigenvalue weighted by Gasteiger charge is 2.41. The van der Waals surface area contributed by atoms with Crippen molar-refractivity contribution in [2.45, 2.75) is 59.5 Å². The van der Waals surface area contributed by atoms with Gasteiger partial charge in [0.25, 0.3) is 0 Å². The number of hydrogen-bond donors (Lipinski definition) is 0. The first-order chi connectivity index (χ1) is 7.41. The van der Waals surface area contributed by atoms with Gasteiger partial charge in [-0.1, -0.05) is 20.8 Å². The standard InChI is InChI=1S/C14H22O2/c1-9(2)7-14(4)6-5-11-10(3)13(15)16-12(11)8-14/h9,12H,5-8H2,1-4H3. The van der Waals surface area contributed by atoms with Crippen molar-refractivity contribution in [1.29, 1.82) is 0 Å². The fraction of sp³-hybridized carbons (Fsp3) is 0.786. The van der Waals surface area contributed by atoms with E-state index in [0.717, 1.165) is 18.4 Å². The molecule has 0 bridgehead atoms. The van der Waals surface area contributed by atoms with Crippen LogP contribution in [0.25, 0.3) is 0 Å². The lowest BCUT2D eigenvalue weighted by atomic mass is 9.68. The van der Waals surface area contributed by atoms with Crippen molar-refractivity contribution in [3.63, 3.8) is 0 Å². The van der Waals surface area contributed by atoms with Gasteiger partial charge >= 0.3 is 5.97 Å². The van der Waals surface area contributed by atoms with Crippen LogP contribution in [-0.2, 0) is 9.53 Å². The maximum atomic E-state index is 11.5. The molecule has 1 aliphatic carbocycles. The van der Waals surface area contributed by atoms with E-state index >= 15 is 0 Å². The molecule has 0 amide bonds. The van der Waals surface area contributed by atoms with Crippen LogP contribution in [0.5, 0.6) is 0 Å². The number of fused-ring (bicyclic) bond motifs is 1. The molecule has 1 saturated carbocycles. The maximum Gasteiger partial charge on any atom is 0.334 e. The Morgan fingerprint density at radius 1 is 1.50 bits per heavy atom. The van der Waals surface area contributed by atoms with E-state index < -0.39 is 0 Å². The molecule has 0 radical (unpaired) electrons. The second-order valence-electron chi connectivity index (χ2n) is 6.16. The molecular formula is C14H22O2. The first-order valence-electron chi connectivity index (χ1n) is 6.32. The predicted molar refractivity (Wildman–Crippen MR) is 64.0 cm³/mol. The molecule has 16 heavy (non-hydrogen) atoms. The summed E-state index contributed by atoms with van der Waals surface area (Å²) < 4.78 is 5.44. The van der Waals surface area contributed by atoms with Crippen LogP contribution in [-0.4, -0.2) is 12.1 Å².